The zero-order valence-electron chi connectivity index (χ0n) is 13.4. The van der Waals surface area contributed by atoms with Crippen molar-refractivity contribution in [3.8, 4) is 0 Å². The summed E-state index contributed by atoms with van der Waals surface area (Å²) in [6.45, 7) is 4.27. The smallest absolute Gasteiger partial charge is 0.307 e. The molecule has 1 N–H and O–H groups in total. The van der Waals surface area contributed by atoms with Gasteiger partial charge in [0.05, 0.1) is 5.92 Å². The Morgan fingerprint density at radius 1 is 1.23 bits per heavy atom. The number of aliphatic carboxylic acids is 1. The Morgan fingerprint density at radius 3 is 2.32 bits per heavy atom. The molecule has 0 heterocycles. The summed E-state index contributed by atoms with van der Waals surface area (Å²) >= 11 is 5.84. The molecule has 0 bridgehead atoms. The second-order valence-corrected chi connectivity index (χ2v) is 6.37. The van der Waals surface area contributed by atoms with Crippen LogP contribution in [0, 0.1) is 11.8 Å². The van der Waals surface area contributed by atoms with Crippen LogP contribution in [0.15, 0.2) is 24.3 Å². The van der Waals surface area contributed by atoms with Gasteiger partial charge in [-0.3, -0.25) is 9.59 Å². The van der Waals surface area contributed by atoms with Crippen LogP contribution < -0.4 is 0 Å². The van der Waals surface area contributed by atoms with Crippen LogP contribution in [0.25, 0.3) is 0 Å². The van der Waals surface area contributed by atoms with Gasteiger partial charge in [0.25, 0.3) is 0 Å². The van der Waals surface area contributed by atoms with Gasteiger partial charge in [-0.2, -0.15) is 0 Å². The van der Waals surface area contributed by atoms with Crippen molar-refractivity contribution in [1.82, 2.24) is 4.90 Å². The molecule has 0 saturated carbocycles. The number of hydrogen-bond donors (Lipinski definition) is 1. The van der Waals surface area contributed by atoms with Crippen LogP contribution in [-0.2, 0) is 16.0 Å². The van der Waals surface area contributed by atoms with Gasteiger partial charge in [-0.25, -0.2) is 0 Å². The van der Waals surface area contributed by atoms with Crippen molar-refractivity contribution in [2.45, 2.75) is 33.1 Å². The Labute approximate surface area is 137 Å². The highest BCUT2D eigenvalue weighted by Crippen LogP contribution is 2.17. The standard InChI is InChI=1S/C17H24ClNO3/c1-12(2)15(17(21)22)11-16(20)19(3)10-4-5-13-6-8-14(18)9-7-13/h6-9,12,15H,4-5,10-11H2,1-3H3,(H,21,22). The molecular weight excluding hydrogens is 302 g/mol. The molecule has 1 rings (SSSR count). The zero-order chi connectivity index (χ0) is 16.7. The first kappa shape index (κ1) is 18.5. The SMILES string of the molecule is CC(C)C(CC(=O)N(C)CCCc1ccc(Cl)cc1)C(=O)O. The van der Waals surface area contributed by atoms with Gasteiger partial charge in [-0.1, -0.05) is 37.6 Å². The van der Waals surface area contributed by atoms with E-state index < -0.39 is 11.9 Å². The van der Waals surface area contributed by atoms with Gasteiger partial charge in [0.15, 0.2) is 0 Å². The summed E-state index contributed by atoms with van der Waals surface area (Å²) in [5, 5.41) is 9.85. The largest absolute Gasteiger partial charge is 0.481 e. The van der Waals surface area contributed by atoms with E-state index in [0.29, 0.717) is 11.6 Å². The van der Waals surface area contributed by atoms with Crippen molar-refractivity contribution in [2.75, 3.05) is 13.6 Å². The van der Waals surface area contributed by atoms with Crippen molar-refractivity contribution in [3.05, 3.63) is 34.9 Å². The number of rotatable bonds is 8. The quantitative estimate of drug-likeness (QED) is 0.796. The normalized spacial score (nSPS) is 12.2. The molecule has 0 aliphatic carbocycles. The summed E-state index contributed by atoms with van der Waals surface area (Å²) in [5.74, 6) is -1.69. The molecule has 122 valence electrons. The van der Waals surface area contributed by atoms with Crippen LogP contribution in [0.1, 0.15) is 32.3 Å². The van der Waals surface area contributed by atoms with Gasteiger partial charge in [0.1, 0.15) is 0 Å². The molecule has 0 aromatic heterocycles. The highest BCUT2D eigenvalue weighted by atomic mass is 35.5. The zero-order valence-corrected chi connectivity index (χ0v) is 14.1. The van der Waals surface area contributed by atoms with Crippen LogP contribution in [0.4, 0.5) is 0 Å². The molecule has 1 atom stereocenters. The van der Waals surface area contributed by atoms with E-state index in [1.54, 1.807) is 11.9 Å². The Balaban J connectivity index is 2.40. The molecule has 1 aromatic rings. The Hall–Kier alpha value is -1.55. The van der Waals surface area contributed by atoms with Crippen LogP contribution in [-0.4, -0.2) is 35.5 Å². The van der Waals surface area contributed by atoms with Crippen LogP contribution >= 0.6 is 11.6 Å². The van der Waals surface area contributed by atoms with Crippen LogP contribution in [0.5, 0.6) is 0 Å². The fourth-order valence-electron chi connectivity index (χ4n) is 2.25. The molecular formula is C17H24ClNO3. The third kappa shape index (κ3) is 6.06. The Kier molecular flexibility index (Phi) is 7.39. The van der Waals surface area contributed by atoms with Gasteiger partial charge >= 0.3 is 5.97 Å². The third-order valence-corrected chi connectivity index (χ3v) is 4.07. The molecule has 5 heteroatoms. The minimum atomic E-state index is -0.905. The number of aryl methyl sites for hydroxylation is 1. The number of halogens is 1. The number of amides is 1. The number of hydrogen-bond acceptors (Lipinski definition) is 2. The highest BCUT2D eigenvalue weighted by Gasteiger charge is 2.25. The minimum absolute atomic E-state index is 0.0519. The van der Waals surface area contributed by atoms with Gasteiger partial charge in [-0.15, -0.1) is 0 Å². The predicted octanol–water partition coefficient (Wildman–Crippen LogP) is 3.48. The fraction of sp³-hybridized carbons (Fsp3) is 0.529. The van der Waals surface area contributed by atoms with Crippen molar-refractivity contribution in [1.29, 1.82) is 0 Å². The number of benzene rings is 1. The molecule has 0 saturated heterocycles. The van der Waals surface area contributed by atoms with Crippen molar-refractivity contribution in [3.63, 3.8) is 0 Å². The summed E-state index contributed by atoms with van der Waals surface area (Å²) in [7, 11) is 1.73. The maximum absolute atomic E-state index is 12.1. The average Bonchev–Trinajstić information content (AvgIpc) is 2.45. The van der Waals surface area contributed by atoms with E-state index in [0.717, 1.165) is 12.8 Å². The van der Waals surface area contributed by atoms with Gasteiger partial charge in [0.2, 0.25) is 5.91 Å². The maximum atomic E-state index is 12.1. The van der Waals surface area contributed by atoms with E-state index in [4.69, 9.17) is 16.7 Å². The number of carbonyl (C=O) groups is 2. The first-order chi connectivity index (χ1) is 10.3. The third-order valence-electron chi connectivity index (χ3n) is 3.81. The van der Waals surface area contributed by atoms with Crippen molar-refractivity contribution >= 4 is 23.5 Å². The van der Waals surface area contributed by atoms with Crippen molar-refractivity contribution < 1.29 is 14.7 Å². The number of carboxylic acid groups (broad SMARTS) is 1. The van der Waals surface area contributed by atoms with E-state index in [1.165, 1.54) is 5.56 Å². The average molecular weight is 326 g/mol. The number of carbonyl (C=O) groups excluding carboxylic acids is 1. The number of nitrogens with zero attached hydrogens (tertiary/aromatic N) is 1. The molecule has 0 aliphatic heterocycles. The monoisotopic (exact) mass is 325 g/mol. The summed E-state index contributed by atoms with van der Waals surface area (Å²) in [4.78, 5) is 24.9. The molecule has 0 aliphatic rings. The van der Waals surface area contributed by atoms with E-state index in [2.05, 4.69) is 0 Å². The number of carboxylic acids is 1. The van der Waals surface area contributed by atoms with Gasteiger partial charge < -0.3 is 10.0 Å². The summed E-state index contributed by atoms with van der Waals surface area (Å²) in [5.41, 5.74) is 1.18. The van der Waals surface area contributed by atoms with E-state index in [-0.39, 0.29) is 18.2 Å². The molecule has 0 fully saturated rings. The topological polar surface area (TPSA) is 57.6 Å². The second kappa shape index (κ2) is 8.79. The molecule has 1 aromatic carbocycles. The van der Waals surface area contributed by atoms with Gasteiger partial charge in [-0.05, 0) is 36.5 Å². The van der Waals surface area contributed by atoms with Crippen LogP contribution in [0.3, 0.4) is 0 Å². The lowest BCUT2D eigenvalue weighted by Gasteiger charge is -2.21. The summed E-state index contributed by atoms with van der Waals surface area (Å²) in [6, 6.07) is 7.66. The molecule has 1 amide bonds. The Bertz CT molecular complexity index is 499. The van der Waals surface area contributed by atoms with E-state index >= 15 is 0 Å². The second-order valence-electron chi connectivity index (χ2n) is 5.94. The molecule has 0 radical (unpaired) electrons. The summed E-state index contributed by atoms with van der Waals surface area (Å²) in [6.07, 6.45) is 1.76. The fourth-order valence-corrected chi connectivity index (χ4v) is 2.37. The molecule has 1 unspecified atom stereocenters. The lowest BCUT2D eigenvalue weighted by atomic mass is 9.92. The minimum Gasteiger partial charge on any atom is -0.481 e. The first-order valence-corrected chi connectivity index (χ1v) is 7.90. The predicted molar refractivity (Wildman–Crippen MR) is 88.0 cm³/mol. The lowest BCUT2D eigenvalue weighted by Crippen LogP contribution is -2.33. The lowest BCUT2D eigenvalue weighted by molar-refractivity contribution is -0.147. The van der Waals surface area contributed by atoms with E-state index in [9.17, 15) is 9.59 Å². The molecule has 22 heavy (non-hydrogen) atoms. The summed E-state index contributed by atoms with van der Waals surface area (Å²) < 4.78 is 0. The van der Waals surface area contributed by atoms with Crippen molar-refractivity contribution in [2.24, 2.45) is 11.8 Å². The van der Waals surface area contributed by atoms with E-state index in [1.807, 2.05) is 38.1 Å². The highest BCUT2D eigenvalue weighted by molar-refractivity contribution is 6.30. The maximum Gasteiger partial charge on any atom is 0.307 e. The van der Waals surface area contributed by atoms with Gasteiger partial charge in [0, 0.05) is 25.0 Å². The molecule has 4 nitrogen and oxygen atoms in total. The van der Waals surface area contributed by atoms with Crippen LogP contribution in [0.2, 0.25) is 5.02 Å². The Morgan fingerprint density at radius 2 is 1.82 bits per heavy atom. The first-order valence-electron chi connectivity index (χ1n) is 7.52. The molecule has 0 spiro atoms.